The first kappa shape index (κ1) is 17.1. The van der Waals surface area contributed by atoms with E-state index in [1.807, 2.05) is 48.5 Å². The Balaban J connectivity index is 2.12. The minimum atomic E-state index is -0.650. The topological polar surface area (TPSA) is 80.8 Å². The number of rotatable bonds is 5. The Labute approximate surface area is 151 Å². The van der Waals surface area contributed by atoms with E-state index in [1.165, 1.54) is 6.08 Å². The molecule has 0 amide bonds. The van der Waals surface area contributed by atoms with Crippen molar-refractivity contribution in [1.82, 2.24) is 14.8 Å². The van der Waals surface area contributed by atoms with Crippen molar-refractivity contribution in [3.8, 4) is 23.0 Å². The van der Waals surface area contributed by atoms with E-state index < -0.39 is 5.97 Å². The van der Waals surface area contributed by atoms with E-state index in [0.29, 0.717) is 11.3 Å². The molecule has 3 rings (SSSR count). The van der Waals surface area contributed by atoms with Crippen molar-refractivity contribution in [2.75, 3.05) is 6.61 Å². The zero-order valence-corrected chi connectivity index (χ0v) is 14.2. The Morgan fingerprint density at radius 3 is 2.62 bits per heavy atom. The van der Waals surface area contributed by atoms with Gasteiger partial charge in [-0.05, 0) is 37.3 Å². The van der Waals surface area contributed by atoms with Gasteiger partial charge in [-0.25, -0.2) is 9.48 Å². The molecule has 2 heterocycles. The smallest absolute Gasteiger partial charge is 0.348 e. The van der Waals surface area contributed by atoms with Crippen LogP contribution < -0.4 is 0 Å². The molecular weight excluding hydrogens is 328 g/mol. The van der Waals surface area contributed by atoms with E-state index >= 15 is 0 Å². The maximum absolute atomic E-state index is 12.0. The van der Waals surface area contributed by atoms with E-state index in [-0.39, 0.29) is 12.2 Å². The molecule has 0 saturated heterocycles. The molecule has 0 aliphatic heterocycles. The van der Waals surface area contributed by atoms with Crippen LogP contribution in [0.5, 0.6) is 0 Å². The van der Waals surface area contributed by atoms with E-state index in [9.17, 15) is 10.1 Å². The summed E-state index contributed by atoms with van der Waals surface area (Å²) in [5, 5.41) is 13.9. The summed E-state index contributed by atoms with van der Waals surface area (Å²) in [5.74, 6) is -0.650. The lowest BCUT2D eigenvalue weighted by molar-refractivity contribution is -0.137. The van der Waals surface area contributed by atoms with Gasteiger partial charge < -0.3 is 4.74 Å². The van der Waals surface area contributed by atoms with E-state index in [2.05, 4.69) is 10.1 Å². The van der Waals surface area contributed by atoms with Crippen molar-refractivity contribution >= 4 is 12.0 Å². The van der Waals surface area contributed by atoms with Gasteiger partial charge >= 0.3 is 5.97 Å². The number of esters is 1. The largest absolute Gasteiger partial charge is 0.462 e. The number of carbonyl (C=O) groups excluding carboxylic acids is 1. The summed E-state index contributed by atoms with van der Waals surface area (Å²) >= 11 is 0. The van der Waals surface area contributed by atoms with Crippen molar-refractivity contribution in [3.05, 3.63) is 72.2 Å². The lowest BCUT2D eigenvalue weighted by Crippen LogP contribution is -2.06. The highest BCUT2D eigenvalue weighted by atomic mass is 16.5. The van der Waals surface area contributed by atoms with Crippen LogP contribution in [0.4, 0.5) is 0 Å². The van der Waals surface area contributed by atoms with Gasteiger partial charge in [0.1, 0.15) is 17.3 Å². The Hall–Kier alpha value is -3.72. The quantitative estimate of drug-likeness (QED) is 0.402. The van der Waals surface area contributed by atoms with Crippen molar-refractivity contribution in [2.45, 2.75) is 6.92 Å². The number of nitriles is 1. The average molecular weight is 344 g/mol. The molecule has 6 heteroatoms. The number of hydrogen-bond donors (Lipinski definition) is 0. The van der Waals surface area contributed by atoms with Gasteiger partial charge in [-0.2, -0.15) is 10.4 Å². The molecule has 0 aliphatic carbocycles. The van der Waals surface area contributed by atoms with Crippen LogP contribution in [0, 0.1) is 11.3 Å². The molecular formula is C20H16N4O2. The normalized spacial score (nSPS) is 11.0. The van der Waals surface area contributed by atoms with Crippen LogP contribution >= 0.6 is 0 Å². The molecule has 26 heavy (non-hydrogen) atoms. The lowest BCUT2D eigenvalue weighted by Gasteiger charge is -2.00. The second-order valence-electron chi connectivity index (χ2n) is 5.34. The Bertz CT molecular complexity index is 970. The number of ether oxygens (including phenoxy) is 1. The fourth-order valence-electron chi connectivity index (χ4n) is 2.44. The first-order valence-corrected chi connectivity index (χ1v) is 8.07. The number of hydrogen-bond acceptors (Lipinski definition) is 5. The minimum absolute atomic E-state index is 0.0743. The summed E-state index contributed by atoms with van der Waals surface area (Å²) in [7, 11) is 0. The van der Waals surface area contributed by atoms with Gasteiger partial charge in [0, 0.05) is 29.7 Å². The van der Waals surface area contributed by atoms with Crippen molar-refractivity contribution < 1.29 is 9.53 Å². The molecule has 0 fully saturated rings. The summed E-state index contributed by atoms with van der Waals surface area (Å²) in [6.07, 6.45) is 6.61. The SMILES string of the molecule is CCOC(=O)/C(C#N)=C\c1cn(-c2ccccc2)nc1-c1ccncc1. The molecule has 3 aromatic rings. The second kappa shape index (κ2) is 7.90. The van der Waals surface area contributed by atoms with Crippen LogP contribution in [-0.4, -0.2) is 27.3 Å². The van der Waals surface area contributed by atoms with Gasteiger partial charge in [-0.15, -0.1) is 0 Å². The summed E-state index contributed by atoms with van der Waals surface area (Å²) in [4.78, 5) is 16.0. The molecule has 6 nitrogen and oxygen atoms in total. The fraction of sp³-hybridized carbons (Fsp3) is 0.100. The molecule has 0 N–H and O–H groups in total. The molecule has 0 aliphatic rings. The van der Waals surface area contributed by atoms with Crippen molar-refractivity contribution in [3.63, 3.8) is 0 Å². The zero-order chi connectivity index (χ0) is 18.4. The maximum Gasteiger partial charge on any atom is 0.348 e. The monoisotopic (exact) mass is 344 g/mol. The Morgan fingerprint density at radius 1 is 1.23 bits per heavy atom. The molecule has 1 aromatic carbocycles. The van der Waals surface area contributed by atoms with Crippen molar-refractivity contribution in [1.29, 1.82) is 5.26 Å². The van der Waals surface area contributed by atoms with Crippen LogP contribution in [0.25, 0.3) is 23.0 Å². The highest BCUT2D eigenvalue weighted by molar-refractivity contribution is 5.98. The summed E-state index contributed by atoms with van der Waals surface area (Å²) in [6, 6.07) is 15.1. The van der Waals surface area contributed by atoms with Crippen LogP contribution in [0.15, 0.2) is 66.6 Å². The first-order chi connectivity index (χ1) is 12.7. The van der Waals surface area contributed by atoms with Gasteiger partial charge in [0.2, 0.25) is 0 Å². The number of pyridine rings is 1. The molecule has 0 unspecified atom stereocenters. The van der Waals surface area contributed by atoms with Crippen molar-refractivity contribution in [2.24, 2.45) is 0 Å². The number of nitrogens with zero attached hydrogens (tertiary/aromatic N) is 4. The maximum atomic E-state index is 12.0. The third kappa shape index (κ3) is 3.68. The average Bonchev–Trinajstić information content (AvgIpc) is 3.11. The predicted molar refractivity (Wildman–Crippen MR) is 97.0 cm³/mol. The summed E-state index contributed by atoms with van der Waals surface area (Å²) in [6.45, 7) is 1.90. The third-order valence-corrected chi connectivity index (χ3v) is 3.63. The van der Waals surface area contributed by atoms with Crippen LogP contribution in [0.2, 0.25) is 0 Å². The second-order valence-corrected chi connectivity index (χ2v) is 5.34. The van der Waals surface area contributed by atoms with E-state index in [1.54, 1.807) is 30.2 Å². The predicted octanol–water partition coefficient (Wildman–Crippen LogP) is 3.40. The highest BCUT2D eigenvalue weighted by Gasteiger charge is 2.15. The fourth-order valence-corrected chi connectivity index (χ4v) is 2.44. The van der Waals surface area contributed by atoms with Gasteiger partial charge in [0.25, 0.3) is 0 Å². The molecule has 0 atom stereocenters. The van der Waals surface area contributed by atoms with E-state index in [0.717, 1.165) is 11.3 Å². The van der Waals surface area contributed by atoms with Crippen LogP contribution in [0.3, 0.4) is 0 Å². The summed E-state index contributed by atoms with van der Waals surface area (Å²) in [5.41, 5.74) is 2.92. The molecule has 0 radical (unpaired) electrons. The standard InChI is InChI=1S/C20H16N4O2/c1-2-26-20(25)16(13-21)12-17-14-24(18-6-4-3-5-7-18)23-19(17)15-8-10-22-11-9-15/h3-12,14H,2H2,1H3/b16-12-. The molecule has 0 spiro atoms. The lowest BCUT2D eigenvalue weighted by atomic mass is 10.1. The Morgan fingerprint density at radius 2 is 1.96 bits per heavy atom. The van der Waals surface area contributed by atoms with Gasteiger partial charge in [-0.3, -0.25) is 4.98 Å². The van der Waals surface area contributed by atoms with Gasteiger partial charge in [0.05, 0.1) is 12.3 Å². The van der Waals surface area contributed by atoms with Crippen LogP contribution in [0.1, 0.15) is 12.5 Å². The van der Waals surface area contributed by atoms with Gasteiger partial charge in [-0.1, -0.05) is 18.2 Å². The minimum Gasteiger partial charge on any atom is -0.462 e. The molecule has 0 saturated carbocycles. The Kier molecular flexibility index (Phi) is 5.20. The van der Waals surface area contributed by atoms with Crippen LogP contribution in [-0.2, 0) is 9.53 Å². The number of benzene rings is 1. The first-order valence-electron chi connectivity index (χ1n) is 8.07. The summed E-state index contributed by atoms with van der Waals surface area (Å²) < 4.78 is 6.65. The molecule has 0 bridgehead atoms. The number of para-hydroxylation sites is 1. The number of carbonyl (C=O) groups is 1. The van der Waals surface area contributed by atoms with E-state index in [4.69, 9.17) is 4.74 Å². The zero-order valence-electron chi connectivity index (χ0n) is 14.2. The number of aromatic nitrogens is 3. The van der Waals surface area contributed by atoms with Gasteiger partial charge in [0.15, 0.2) is 0 Å². The molecule has 128 valence electrons. The molecule has 2 aromatic heterocycles. The highest BCUT2D eigenvalue weighted by Crippen LogP contribution is 2.25. The third-order valence-electron chi connectivity index (χ3n) is 3.63.